The van der Waals surface area contributed by atoms with Crippen LogP contribution in [-0.2, 0) is 0 Å². The van der Waals surface area contributed by atoms with Gasteiger partial charge in [0.25, 0.3) is 0 Å². The van der Waals surface area contributed by atoms with Crippen LogP contribution in [0.3, 0.4) is 0 Å². The zero-order valence-corrected chi connectivity index (χ0v) is 13.4. The zero-order valence-electron chi connectivity index (χ0n) is 13.4. The number of hydrogen-bond donors (Lipinski definition) is 0. The highest BCUT2D eigenvalue weighted by Gasteiger charge is 2.20. The van der Waals surface area contributed by atoms with E-state index < -0.39 is 0 Å². The molecule has 0 atom stereocenters. The molecule has 1 aliphatic rings. The summed E-state index contributed by atoms with van der Waals surface area (Å²) >= 11 is 0. The highest BCUT2D eigenvalue weighted by molar-refractivity contribution is 5.63. The van der Waals surface area contributed by atoms with E-state index in [9.17, 15) is 4.39 Å². The van der Waals surface area contributed by atoms with Gasteiger partial charge >= 0.3 is 0 Å². The SMILES string of the molecule is C=C(c1cc(C)ccc1F)N(C)C1CCCCC1.CC. The standard InChI is InChI=1S/C16H22FN.C2H6/c1-12-9-10-16(17)15(11-12)13(2)18(3)14-7-5-4-6-8-14;1-2/h9-11,14H,2,4-8H2,1,3H3;1-2H3. The molecular formula is C18H28FN. The average Bonchev–Trinajstić information content (AvgIpc) is 2.51. The largest absolute Gasteiger partial charge is 0.372 e. The Kier molecular flexibility index (Phi) is 6.77. The molecule has 0 heterocycles. The first-order valence-corrected chi connectivity index (χ1v) is 7.78. The van der Waals surface area contributed by atoms with Crippen molar-refractivity contribution in [3.05, 3.63) is 41.7 Å². The Morgan fingerprint density at radius 2 is 1.80 bits per heavy atom. The first-order valence-electron chi connectivity index (χ1n) is 7.78. The maximum absolute atomic E-state index is 13.9. The molecule has 1 aromatic carbocycles. The third kappa shape index (κ3) is 4.09. The first-order chi connectivity index (χ1) is 9.59. The number of benzene rings is 1. The lowest BCUT2D eigenvalue weighted by Gasteiger charge is -2.34. The maximum Gasteiger partial charge on any atom is 0.132 e. The van der Waals surface area contributed by atoms with Crippen LogP contribution in [0.25, 0.3) is 5.70 Å². The van der Waals surface area contributed by atoms with Gasteiger partial charge in [-0.15, -0.1) is 0 Å². The Balaban J connectivity index is 0.000000956. The van der Waals surface area contributed by atoms with E-state index in [-0.39, 0.29) is 5.82 Å². The summed E-state index contributed by atoms with van der Waals surface area (Å²) in [5.41, 5.74) is 2.52. The third-order valence-electron chi connectivity index (χ3n) is 3.98. The molecule has 0 saturated heterocycles. The van der Waals surface area contributed by atoms with Gasteiger partial charge in [-0.1, -0.05) is 51.3 Å². The molecule has 112 valence electrons. The normalized spacial score (nSPS) is 15.2. The Bertz CT molecular complexity index is 433. The summed E-state index contributed by atoms with van der Waals surface area (Å²) in [6.07, 6.45) is 6.28. The summed E-state index contributed by atoms with van der Waals surface area (Å²) in [6.45, 7) is 10.1. The zero-order chi connectivity index (χ0) is 15.1. The van der Waals surface area contributed by atoms with Crippen LogP contribution in [-0.4, -0.2) is 18.0 Å². The van der Waals surface area contributed by atoms with Crippen LogP contribution in [0.2, 0.25) is 0 Å². The van der Waals surface area contributed by atoms with Crippen molar-refractivity contribution in [3.63, 3.8) is 0 Å². The van der Waals surface area contributed by atoms with Crippen molar-refractivity contribution in [2.75, 3.05) is 7.05 Å². The topological polar surface area (TPSA) is 3.24 Å². The van der Waals surface area contributed by atoms with E-state index >= 15 is 0 Å². The van der Waals surface area contributed by atoms with Crippen LogP contribution in [0, 0.1) is 12.7 Å². The van der Waals surface area contributed by atoms with E-state index in [1.807, 2.05) is 33.9 Å². The molecule has 1 saturated carbocycles. The summed E-state index contributed by atoms with van der Waals surface area (Å²) in [5, 5.41) is 0. The predicted octanol–water partition coefficient (Wildman–Crippen LogP) is 5.40. The summed E-state index contributed by atoms with van der Waals surface area (Å²) in [5.74, 6) is -0.173. The Hall–Kier alpha value is -1.31. The van der Waals surface area contributed by atoms with Crippen LogP contribution in [0.5, 0.6) is 0 Å². The van der Waals surface area contributed by atoms with Gasteiger partial charge in [-0.3, -0.25) is 0 Å². The molecule has 0 N–H and O–H groups in total. The van der Waals surface area contributed by atoms with Gasteiger partial charge in [0.15, 0.2) is 0 Å². The molecule has 0 aromatic heterocycles. The molecule has 0 unspecified atom stereocenters. The molecule has 1 aromatic rings. The number of rotatable bonds is 3. The fourth-order valence-electron chi connectivity index (χ4n) is 2.74. The van der Waals surface area contributed by atoms with E-state index in [2.05, 4.69) is 11.5 Å². The highest BCUT2D eigenvalue weighted by Crippen LogP contribution is 2.28. The number of halogens is 1. The van der Waals surface area contributed by atoms with Crippen molar-refractivity contribution < 1.29 is 4.39 Å². The molecule has 1 aliphatic carbocycles. The summed E-state index contributed by atoms with van der Waals surface area (Å²) in [4.78, 5) is 2.16. The van der Waals surface area contributed by atoms with Crippen LogP contribution >= 0.6 is 0 Å². The summed E-state index contributed by atoms with van der Waals surface area (Å²) < 4.78 is 13.9. The lowest BCUT2D eigenvalue weighted by Crippen LogP contribution is -2.32. The quantitative estimate of drug-likeness (QED) is 0.715. The monoisotopic (exact) mass is 277 g/mol. The molecular weight excluding hydrogens is 249 g/mol. The van der Waals surface area contributed by atoms with E-state index in [1.54, 1.807) is 6.07 Å². The van der Waals surface area contributed by atoms with Gasteiger partial charge in [0.05, 0.1) is 0 Å². The third-order valence-corrected chi connectivity index (χ3v) is 3.98. The molecule has 1 nitrogen and oxygen atoms in total. The molecule has 0 spiro atoms. The summed E-state index contributed by atoms with van der Waals surface area (Å²) in [6, 6.07) is 5.74. The Morgan fingerprint density at radius 1 is 1.20 bits per heavy atom. The van der Waals surface area contributed by atoms with Gasteiger partial charge < -0.3 is 4.90 Å². The van der Waals surface area contributed by atoms with Crippen molar-refractivity contribution >= 4 is 5.70 Å². The van der Waals surface area contributed by atoms with Crippen LogP contribution < -0.4 is 0 Å². The van der Waals surface area contributed by atoms with Gasteiger partial charge in [-0.05, 0) is 31.9 Å². The van der Waals surface area contributed by atoms with E-state index in [0.717, 1.165) is 11.3 Å². The van der Waals surface area contributed by atoms with Crippen molar-refractivity contribution in [3.8, 4) is 0 Å². The average molecular weight is 277 g/mol. The summed E-state index contributed by atoms with van der Waals surface area (Å²) in [7, 11) is 2.04. The number of aryl methyl sites for hydroxylation is 1. The van der Waals surface area contributed by atoms with Crippen LogP contribution in [0.1, 0.15) is 57.1 Å². The van der Waals surface area contributed by atoms with E-state index in [0.29, 0.717) is 11.6 Å². The predicted molar refractivity (Wildman–Crippen MR) is 86.2 cm³/mol. The lowest BCUT2D eigenvalue weighted by molar-refractivity contribution is 0.266. The molecule has 0 aliphatic heterocycles. The number of nitrogens with zero attached hydrogens (tertiary/aromatic N) is 1. The van der Waals surface area contributed by atoms with Crippen molar-refractivity contribution in [2.45, 2.75) is 58.9 Å². The Labute approximate surface area is 123 Å². The van der Waals surface area contributed by atoms with Crippen LogP contribution in [0.15, 0.2) is 24.8 Å². The van der Waals surface area contributed by atoms with Gasteiger partial charge in [0.1, 0.15) is 5.82 Å². The smallest absolute Gasteiger partial charge is 0.132 e. The molecule has 2 heteroatoms. The molecule has 2 rings (SSSR count). The second kappa shape index (κ2) is 8.08. The minimum atomic E-state index is -0.173. The second-order valence-electron chi connectivity index (χ2n) is 5.33. The van der Waals surface area contributed by atoms with Crippen LogP contribution in [0.4, 0.5) is 4.39 Å². The molecule has 20 heavy (non-hydrogen) atoms. The van der Waals surface area contributed by atoms with E-state index in [1.165, 1.54) is 38.2 Å². The molecule has 0 amide bonds. The van der Waals surface area contributed by atoms with Gasteiger partial charge in [0.2, 0.25) is 0 Å². The van der Waals surface area contributed by atoms with Gasteiger partial charge in [-0.2, -0.15) is 0 Å². The second-order valence-corrected chi connectivity index (χ2v) is 5.33. The molecule has 0 radical (unpaired) electrons. The highest BCUT2D eigenvalue weighted by atomic mass is 19.1. The lowest BCUT2D eigenvalue weighted by atomic mass is 9.93. The van der Waals surface area contributed by atoms with Crippen molar-refractivity contribution in [1.82, 2.24) is 4.90 Å². The van der Waals surface area contributed by atoms with E-state index in [4.69, 9.17) is 0 Å². The van der Waals surface area contributed by atoms with Gasteiger partial charge in [-0.25, -0.2) is 4.39 Å². The fourth-order valence-corrected chi connectivity index (χ4v) is 2.74. The van der Waals surface area contributed by atoms with Crippen molar-refractivity contribution in [2.24, 2.45) is 0 Å². The minimum Gasteiger partial charge on any atom is -0.372 e. The fraction of sp³-hybridized carbons (Fsp3) is 0.556. The number of hydrogen-bond acceptors (Lipinski definition) is 1. The van der Waals surface area contributed by atoms with Crippen molar-refractivity contribution in [1.29, 1.82) is 0 Å². The maximum atomic E-state index is 13.9. The first kappa shape index (κ1) is 16.7. The molecule has 1 fully saturated rings. The van der Waals surface area contributed by atoms with Gasteiger partial charge in [0, 0.05) is 24.4 Å². The Morgan fingerprint density at radius 3 is 2.40 bits per heavy atom. The molecule has 0 bridgehead atoms. The minimum absolute atomic E-state index is 0.173.